The Balaban J connectivity index is 0.000000143. The molecule has 0 aliphatic heterocycles. The number of fused-ring (bicyclic) bond motifs is 22. The van der Waals surface area contributed by atoms with Crippen LogP contribution in [-0.2, 0) is 0 Å². The zero-order valence-corrected chi connectivity index (χ0v) is 59.0. The van der Waals surface area contributed by atoms with Crippen LogP contribution in [0.15, 0.2) is 280 Å². The van der Waals surface area contributed by atoms with Crippen LogP contribution >= 0.6 is 0 Å². The van der Waals surface area contributed by atoms with Gasteiger partial charge in [0, 0.05) is 171 Å². The van der Waals surface area contributed by atoms with Crippen molar-refractivity contribution in [2.45, 2.75) is 55.4 Å². The lowest BCUT2D eigenvalue weighted by Crippen LogP contribution is -2.01. The average Bonchev–Trinajstić information content (AvgIpc) is 1.48. The number of benzene rings is 10. The van der Waals surface area contributed by atoms with Crippen molar-refractivity contribution in [3.63, 3.8) is 0 Å². The summed E-state index contributed by atoms with van der Waals surface area (Å²) in [4.78, 5) is 27.7. The standard InChI is InChI=1S/C48H36N4.C46H34N6/c1-29-31(3)51(35-23-19-33(20-24-35)41-17-9-11-27-49-41)47-39-15-7-6-14-38(39)46-44-30(2)32(4)52(36-25-21-34(22-26-36)42-18-10-12-28-50-42)48(44)40-16-8-5-13-37(40)45(46)43(29)47;1-27-29(3)51(39-15-13-33(25-49-39)31-17-21-47-22-18-31)45-37-11-7-6-10-36(37)44-42-28(2)30(4)52(40-16-14-34(26-50-40)32-19-23-48-24-20-32)46(42)38-12-8-5-9-35(38)43(44)41(27)45/h5-28H,1-4H3;5-26H,1-4H3. The van der Waals surface area contributed by atoms with E-state index in [0.717, 1.165) is 67.8 Å². The first kappa shape index (κ1) is 61.9. The van der Waals surface area contributed by atoms with Gasteiger partial charge in [0.05, 0.1) is 33.5 Å². The van der Waals surface area contributed by atoms with Gasteiger partial charge in [-0.15, -0.1) is 0 Å². The molecule has 10 heteroatoms. The Morgan fingerprint density at radius 2 is 0.490 bits per heavy atom. The molecule has 20 rings (SSSR count). The van der Waals surface area contributed by atoms with Crippen LogP contribution in [0, 0.1) is 55.4 Å². The van der Waals surface area contributed by atoms with Gasteiger partial charge in [0.15, 0.2) is 0 Å². The molecule has 0 atom stereocenters. The fraction of sp³-hybridized carbons (Fsp3) is 0.0851. The number of hydrogen-bond donors (Lipinski definition) is 0. The molecule has 0 unspecified atom stereocenters. The van der Waals surface area contributed by atoms with Gasteiger partial charge in [0.2, 0.25) is 0 Å². The summed E-state index contributed by atoms with van der Waals surface area (Å²) in [5, 5.41) is 20.4. The van der Waals surface area contributed by atoms with Gasteiger partial charge in [-0.3, -0.25) is 29.1 Å². The molecule has 496 valence electrons. The van der Waals surface area contributed by atoms with E-state index < -0.39 is 0 Å². The summed E-state index contributed by atoms with van der Waals surface area (Å²) in [6.45, 7) is 18.1. The molecule has 0 aliphatic carbocycles. The van der Waals surface area contributed by atoms with E-state index in [2.05, 4.69) is 276 Å². The molecule has 104 heavy (non-hydrogen) atoms. The highest BCUT2D eigenvalue weighted by Crippen LogP contribution is 2.52. The Hall–Kier alpha value is -13.2. The molecule has 0 aliphatic rings. The van der Waals surface area contributed by atoms with E-state index in [1.165, 1.54) is 153 Å². The fourth-order valence-electron chi connectivity index (χ4n) is 17.0. The molecule has 10 aromatic carbocycles. The zero-order valence-electron chi connectivity index (χ0n) is 59.0. The second kappa shape index (κ2) is 24.3. The molecule has 10 aromatic heterocycles. The number of aromatic nitrogens is 10. The maximum atomic E-state index is 5.07. The predicted octanol–water partition coefficient (Wildman–Crippen LogP) is 23.6. The van der Waals surface area contributed by atoms with Gasteiger partial charge >= 0.3 is 0 Å². The third-order valence-corrected chi connectivity index (χ3v) is 22.3. The van der Waals surface area contributed by atoms with E-state index in [1.54, 1.807) is 0 Å². The quantitative estimate of drug-likeness (QED) is 0.141. The van der Waals surface area contributed by atoms with Crippen molar-refractivity contribution in [1.82, 2.24) is 48.2 Å². The lowest BCUT2D eigenvalue weighted by Gasteiger charge is -2.17. The van der Waals surface area contributed by atoms with E-state index in [-0.39, 0.29) is 0 Å². The van der Waals surface area contributed by atoms with E-state index >= 15 is 0 Å². The molecule has 0 N–H and O–H groups in total. The molecule has 0 fully saturated rings. The second-order valence-corrected chi connectivity index (χ2v) is 27.6. The van der Waals surface area contributed by atoms with Crippen molar-refractivity contribution in [1.29, 1.82) is 0 Å². The van der Waals surface area contributed by atoms with E-state index in [9.17, 15) is 0 Å². The maximum Gasteiger partial charge on any atom is 0.137 e. The normalized spacial score (nSPS) is 11.8. The Morgan fingerprint density at radius 1 is 0.212 bits per heavy atom. The zero-order chi connectivity index (χ0) is 70.2. The molecule has 0 spiro atoms. The molecule has 10 heterocycles. The molecular weight excluding hydrogens is 1270 g/mol. The highest BCUT2D eigenvalue weighted by Gasteiger charge is 2.29. The number of aryl methyl sites for hydroxylation is 4. The molecule has 10 nitrogen and oxygen atoms in total. The van der Waals surface area contributed by atoms with Crippen LogP contribution in [0.3, 0.4) is 0 Å². The molecule has 0 saturated heterocycles. The minimum Gasteiger partial charge on any atom is -0.313 e. The number of rotatable bonds is 8. The van der Waals surface area contributed by atoms with Crippen molar-refractivity contribution >= 4 is 108 Å². The number of hydrogen-bond acceptors (Lipinski definition) is 6. The first-order valence-electron chi connectivity index (χ1n) is 35.6. The van der Waals surface area contributed by atoms with Crippen LogP contribution in [0.25, 0.3) is 176 Å². The molecule has 0 saturated carbocycles. The summed E-state index contributed by atoms with van der Waals surface area (Å²) in [7, 11) is 0. The van der Waals surface area contributed by atoms with Crippen molar-refractivity contribution < 1.29 is 0 Å². The van der Waals surface area contributed by atoms with Crippen LogP contribution < -0.4 is 0 Å². The summed E-state index contributed by atoms with van der Waals surface area (Å²) in [6, 6.07) is 82.4. The second-order valence-electron chi connectivity index (χ2n) is 27.6. The van der Waals surface area contributed by atoms with Crippen LogP contribution in [0.4, 0.5) is 0 Å². The smallest absolute Gasteiger partial charge is 0.137 e. The van der Waals surface area contributed by atoms with Gasteiger partial charge in [-0.25, -0.2) is 9.97 Å². The van der Waals surface area contributed by atoms with Crippen molar-refractivity contribution in [3.8, 4) is 67.8 Å². The summed E-state index contributed by atoms with van der Waals surface area (Å²) in [5.41, 5.74) is 25.7. The summed E-state index contributed by atoms with van der Waals surface area (Å²) < 4.78 is 9.67. The average molecular weight is 1340 g/mol. The highest BCUT2D eigenvalue weighted by atomic mass is 15.1. The third kappa shape index (κ3) is 9.34. The Bertz CT molecular complexity index is 6020. The van der Waals surface area contributed by atoms with E-state index in [1.807, 2.05) is 98.1 Å². The molecule has 20 aromatic rings. The lowest BCUT2D eigenvalue weighted by atomic mass is 9.89. The third-order valence-electron chi connectivity index (χ3n) is 22.3. The maximum absolute atomic E-state index is 5.07. The van der Waals surface area contributed by atoms with Gasteiger partial charge in [0.25, 0.3) is 0 Å². The van der Waals surface area contributed by atoms with Gasteiger partial charge < -0.3 is 9.13 Å². The Labute approximate surface area is 601 Å². The Morgan fingerprint density at radius 3 is 0.779 bits per heavy atom. The number of nitrogens with zero attached hydrogens (tertiary/aromatic N) is 10. The SMILES string of the molecule is Cc1c(C)n(-c2ccc(-c3ccccn3)cc2)c2c3ccccc3c3c4c(C)c(C)n(-c5ccc(-c6ccccn6)cc5)c4c4ccccc4c3c12.Cc1c(C)n(-c2ccc(-c3ccncc3)cn2)c2c3ccccc3c3c4c(C)c(C)n(-c5ccc(-c6ccncc6)cn5)c4c4ccccc4c3c12. The van der Waals surface area contributed by atoms with Crippen molar-refractivity contribution in [2.75, 3.05) is 0 Å². The largest absolute Gasteiger partial charge is 0.313 e. The molecule has 0 amide bonds. The summed E-state index contributed by atoms with van der Waals surface area (Å²) in [6.07, 6.45) is 14.9. The Kier molecular flexibility index (Phi) is 14.4. The monoisotopic (exact) mass is 1340 g/mol. The first-order chi connectivity index (χ1) is 51.0. The molecule has 0 radical (unpaired) electrons. The van der Waals surface area contributed by atoms with Crippen molar-refractivity contribution in [2.24, 2.45) is 0 Å². The molecular formula is C94H70N10. The van der Waals surface area contributed by atoms with Crippen LogP contribution in [0.5, 0.6) is 0 Å². The van der Waals surface area contributed by atoms with Crippen LogP contribution in [0.2, 0.25) is 0 Å². The minimum atomic E-state index is 0.905. The van der Waals surface area contributed by atoms with E-state index in [4.69, 9.17) is 9.97 Å². The van der Waals surface area contributed by atoms with Crippen LogP contribution in [0.1, 0.15) is 45.0 Å². The minimum absolute atomic E-state index is 0.905. The van der Waals surface area contributed by atoms with E-state index in [0.29, 0.717) is 0 Å². The lowest BCUT2D eigenvalue weighted by molar-refractivity contribution is 0.988. The van der Waals surface area contributed by atoms with Crippen LogP contribution in [-0.4, -0.2) is 48.2 Å². The highest BCUT2D eigenvalue weighted by molar-refractivity contribution is 6.42. The fourth-order valence-corrected chi connectivity index (χ4v) is 17.0. The van der Waals surface area contributed by atoms with Crippen molar-refractivity contribution in [3.05, 3.63) is 325 Å². The topological polar surface area (TPSA) is 97.1 Å². The van der Waals surface area contributed by atoms with Gasteiger partial charge in [0.1, 0.15) is 11.6 Å². The summed E-state index contributed by atoms with van der Waals surface area (Å²) in [5.74, 6) is 1.81. The van der Waals surface area contributed by atoms with Gasteiger partial charge in [-0.2, -0.15) is 0 Å². The predicted molar refractivity (Wildman–Crippen MR) is 432 cm³/mol. The molecule has 0 bridgehead atoms. The van der Waals surface area contributed by atoms with Gasteiger partial charge in [-0.1, -0.05) is 133 Å². The summed E-state index contributed by atoms with van der Waals surface area (Å²) >= 11 is 0. The number of pyridine rings is 6. The van der Waals surface area contributed by atoms with Gasteiger partial charge in [-0.05, 0) is 207 Å². The first-order valence-corrected chi connectivity index (χ1v) is 35.6.